The van der Waals surface area contributed by atoms with E-state index in [4.69, 9.17) is 9.47 Å². The quantitative estimate of drug-likeness (QED) is 0.628. The van der Waals surface area contributed by atoms with Gasteiger partial charge in [-0.25, -0.2) is 4.79 Å². The van der Waals surface area contributed by atoms with Crippen LogP contribution in [0.5, 0.6) is 5.75 Å². The Hall–Kier alpha value is -2.37. The number of esters is 1. The van der Waals surface area contributed by atoms with Gasteiger partial charge in [0.2, 0.25) is 0 Å². The molecule has 0 aromatic heterocycles. The summed E-state index contributed by atoms with van der Waals surface area (Å²) in [6.45, 7) is 6.52. The van der Waals surface area contributed by atoms with Crippen molar-refractivity contribution in [2.75, 3.05) is 13.2 Å². The highest BCUT2D eigenvalue weighted by atomic mass is 16.6. The number of hydrogen-bond donors (Lipinski definition) is 2. The summed E-state index contributed by atoms with van der Waals surface area (Å²) in [7, 11) is 0. The summed E-state index contributed by atoms with van der Waals surface area (Å²) in [6, 6.07) is 17.3. The van der Waals surface area contributed by atoms with Gasteiger partial charge in [0.05, 0.1) is 12.7 Å². The second-order valence-corrected chi connectivity index (χ2v) is 6.50. The Morgan fingerprint density at radius 2 is 1.74 bits per heavy atom. The van der Waals surface area contributed by atoms with E-state index in [1.165, 1.54) is 0 Å². The molecular formula is C22H29NO4. The van der Waals surface area contributed by atoms with Crippen LogP contribution < -0.4 is 10.1 Å². The van der Waals surface area contributed by atoms with Crippen LogP contribution in [0.4, 0.5) is 0 Å². The number of rotatable bonds is 10. The molecule has 2 aromatic rings. The normalized spacial score (nSPS) is 14.2. The zero-order valence-corrected chi connectivity index (χ0v) is 16.2. The Bertz CT molecular complexity index is 687. The molecule has 0 saturated carbocycles. The zero-order valence-electron chi connectivity index (χ0n) is 16.2. The van der Waals surface area contributed by atoms with Crippen LogP contribution in [0.2, 0.25) is 0 Å². The first kappa shape index (κ1) is 20.9. The van der Waals surface area contributed by atoms with Crippen molar-refractivity contribution in [3.63, 3.8) is 0 Å². The summed E-state index contributed by atoms with van der Waals surface area (Å²) in [5.74, 6) is 0.275. The smallest absolute Gasteiger partial charge is 0.347 e. The minimum Gasteiger partial charge on any atom is -0.479 e. The number of hydrogen-bond acceptors (Lipinski definition) is 5. The first-order chi connectivity index (χ1) is 13.0. The van der Waals surface area contributed by atoms with Crippen molar-refractivity contribution in [3.05, 3.63) is 65.7 Å². The zero-order chi connectivity index (χ0) is 19.6. The highest BCUT2D eigenvalue weighted by Crippen LogP contribution is 2.17. The summed E-state index contributed by atoms with van der Waals surface area (Å²) in [5.41, 5.74) is 2.06. The number of benzene rings is 2. The van der Waals surface area contributed by atoms with Crippen LogP contribution in [0.25, 0.3) is 0 Å². The van der Waals surface area contributed by atoms with Crippen molar-refractivity contribution in [1.29, 1.82) is 0 Å². The second-order valence-electron chi connectivity index (χ2n) is 6.50. The van der Waals surface area contributed by atoms with E-state index in [2.05, 4.69) is 5.32 Å². The van der Waals surface area contributed by atoms with Crippen LogP contribution in [0, 0.1) is 0 Å². The molecule has 27 heavy (non-hydrogen) atoms. The SMILES string of the molecule is CCOC(=O)[C@@H](C)Oc1ccc(CCN[C@H](C)[C@@H](O)c2ccccc2)cc1. The van der Waals surface area contributed by atoms with E-state index in [1.54, 1.807) is 13.8 Å². The summed E-state index contributed by atoms with van der Waals surface area (Å²) >= 11 is 0. The highest BCUT2D eigenvalue weighted by molar-refractivity contribution is 5.74. The highest BCUT2D eigenvalue weighted by Gasteiger charge is 2.16. The molecule has 0 saturated heterocycles. The molecule has 5 nitrogen and oxygen atoms in total. The molecule has 0 aliphatic heterocycles. The molecule has 0 fully saturated rings. The average Bonchev–Trinajstić information content (AvgIpc) is 2.69. The van der Waals surface area contributed by atoms with E-state index >= 15 is 0 Å². The van der Waals surface area contributed by atoms with Gasteiger partial charge in [0.15, 0.2) is 6.10 Å². The van der Waals surface area contributed by atoms with Gasteiger partial charge in [0.1, 0.15) is 5.75 Å². The maximum Gasteiger partial charge on any atom is 0.347 e. The lowest BCUT2D eigenvalue weighted by molar-refractivity contribution is -0.150. The Morgan fingerprint density at radius 3 is 2.37 bits per heavy atom. The second kappa shape index (κ2) is 10.7. The lowest BCUT2D eigenvalue weighted by Gasteiger charge is -2.20. The van der Waals surface area contributed by atoms with Gasteiger partial charge in [-0.15, -0.1) is 0 Å². The third kappa shape index (κ3) is 6.70. The fourth-order valence-corrected chi connectivity index (χ4v) is 2.74. The van der Waals surface area contributed by atoms with Gasteiger partial charge in [0.25, 0.3) is 0 Å². The van der Waals surface area contributed by atoms with Crippen LogP contribution in [-0.2, 0) is 16.0 Å². The van der Waals surface area contributed by atoms with Gasteiger partial charge in [-0.1, -0.05) is 42.5 Å². The maximum absolute atomic E-state index is 11.6. The van der Waals surface area contributed by atoms with Crippen molar-refractivity contribution in [3.8, 4) is 5.75 Å². The lowest BCUT2D eigenvalue weighted by Crippen LogP contribution is -2.33. The third-order valence-electron chi connectivity index (χ3n) is 4.35. The molecule has 2 aromatic carbocycles. The molecule has 2 rings (SSSR count). The molecule has 3 atom stereocenters. The number of aliphatic hydroxyl groups excluding tert-OH is 1. The topological polar surface area (TPSA) is 67.8 Å². The van der Waals surface area contributed by atoms with Gasteiger partial charge in [-0.2, -0.15) is 0 Å². The van der Waals surface area contributed by atoms with Gasteiger partial charge >= 0.3 is 5.97 Å². The van der Waals surface area contributed by atoms with Crippen molar-refractivity contribution in [2.24, 2.45) is 0 Å². The van der Waals surface area contributed by atoms with Crippen molar-refractivity contribution in [2.45, 2.75) is 45.4 Å². The Kier molecular flexibility index (Phi) is 8.30. The van der Waals surface area contributed by atoms with Crippen LogP contribution in [0.15, 0.2) is 54.6 Å². The minimum absolute atomic E-state index is 0.0413. The van der Waals surface area contributed by atoms with E-state index in [0.29, 0.717) is 12.4 Å². The minimum atomic E-state index is -0.627. The first-order valence-electron chi connectivity index (χ1n) is 9.40. The number of carbonyl (C=O) groups excluding carboxylic acids is 1. The Balaban J connectivity index is 1.77. The van der Waals surface area contributed by atoms with E-state index in [9.17, 15) is 9.90 Å². The van der Waals surface area contributed by atoms with Gasteiger partial charge < -0.3 is 19.9 Å². The summed E-state index contributed by atoms with van der Waals surface area (Å²) in [6.07, 6.45) is -0.330. The van der Waals surface area contributed by atoms with Gasteiger partial charge in [-0.05, 0) is 57.0 Å². The van der Waals surface area contributed by atoms with Crippen LogP contribution in [0.1, 0.15) is 38.0 Å². The molecule has 2 N–H and O–H groups in total. The van der Waals surface area contributed by atoms with E-state index in [1.807, 2.05) is 61.5 Å². The van der Waals surface area contributed by atoms with Crippen molar-refractivity contribution < 1.29 is 19.4 Å². The number of carbonyl (C=O) groups is 1. The monoisotopic (exact) mass is 371 g/mol. The van der Waals surface area contributed by atoms with E-state index in [0.717, 1.165) is 24.1 Å². The molecule has 0 radical (unpaired) electrons. The predicted octanol–water partition coefficient (Wildman–Crippen LogP) is 3.27. The maximum atomic E-state index is 11.6. The number of nitrogens with one attached hydrogen (secondary N) is 1. The Labute approximate surface area is 161 Å². The molecule has 0 aliphatic carbocycles. The summed E-state index contributed by atoms with van der Waals surface area (Å²) in [4.78, 5) is 11.6. The van der Waals surface area contributed by atoms with Gasteiger partial charge in [-0.3, -0.25) is 0 Å². The molecule has 0 unspecified atom stereocenters. The standard InChI is InChI=1S/C22H29NO4/c1-4-26-22(25)17(3)27-20-12-10-18(11-13-20)14-15-23-16(2)21(24)19-8-6-5-7-9-19/h5-13,16-17,21,23-24H,4,14-15H2,1-3H3/t16-,17-,21-/m1/s1. The van der Waals surface area contributed by atoms with Crippen LogP contribution in [-0.4, -0.2) is 36.4 Å². The van der Waals surface area contributed by atoms with E-state index in [-0.39, 0.29) is 12.0 Å². The predicted molar refractivity (Wildman–Crippen MR) is 106 cm³/mol. The van der Waals surface area contributed by atoms with Gasteiger partial charge in [0, 0.05) is 6.04 Å². The molecule has 0 spiro atoms. The molecule has 5 heteroatoms. The van der Waals surface area contributed by atoms with Crippen LogP contribution >= 0.6 is 0 Å². The van der Waals surface area contributed by atoms with Crippen molar-refractivity contribution in [1.82, 2.24) is 5.32 Å². The fourth-order valence-electron chi connectivity index (χ4n) is 2.74. The van der Waals surface area contributed by atoms with E-state index < -0.39 is 12.2 Å². The number of ether oxygens (including phenoxy) is 2. The summed E-state index contributed by atoms with van der Waals surface area (Å²) < 4.78 is 10.5. The molecule has 146 valence electrons. The summed E-state index contributed by atoms with van der Waals surface area (Å²) in [5, 5.41) is 13.7. The average molecular weight is 371 g/mol. The largest absolute Gasteiger partial charge is 0.479 e. The van der Waals surface area contributed by atoms with Crippen LogP contribution in [0.3, 0.4) is 0 Å². The molecule has 0 amide bonds. The molecule has 0 aliphatic rings. The first-order valence-corrected chi connectivity index (χ1v) is 9.40. The number of aliphatic hydroxyl groups is 1. The molecule has 0 heterocycles. The fraction of sp³-hybridized carbons (Fsp3) is 0.409. The van der Waals surface area contributed by atoms with Crippen molar-refractivity contribution >= 4 is 5.97 Å². The third-order valence-corrected chi connectivity index (χ3v) is 4.35. The lowest BCUT2D eigenvalue weighted by atomic mass is 10.0. The molecule has 0 bridgehead atoms. The Morgan fingerprint density at radius 1 is 1.07 bits per heavy atom. The molecular weight excluding hydrogens is 342 g/mol.